The van der Waals surface area contributed by atoms with E-state index in [4.69, 9.17) is 4.42 Å². The van der Waals surface area contributed by atoms with Crippen LogP contribution in [0.25, 0.3) is 76.9 Å². The molecule has 0 N–H and O–H groups in total. The lowest BCUT2D eigenvalue weighted by molar-refractivity contribution is 0.672. The highest BCUT2D eigenvalue weighted by atomic mass is 16.3. The summed E-state index contributed by atoms with van der Waals surface area (Å²) in [5, 5.41) is 6.20. The molecule has 1 aromatic heterocycles. The predicted octanol–water partition coefficient (Wildman–Crippen LogP) is 14.4. The van der Waals surface area contributed by atoms with E-state index in [-0.39, 0.29) is 35.4 Å². The number of rotatable bonds is 6. The summed E-state index contributed by atoms with van der Waals surface area (Å²) in [6.45, 7) is 0. The van der Waals surface area contributed by atoms with Gasteiger partial charge in [0.1, 0.15) is 11.2 Å². The number of hydrogen-bond acceptors (Lipinski definition) is 2. The van der Waals surface area contributed by atoms with E-state index in [9.17, 15) is 5.48 Å². The van der Waals surface area contributed by atoms with Gasteiger partial charge in [0.25, 0.3) is 0 Å². The molecule has 2 nitrogen and oxygen atoms in total. The van der Waals surface area contributed by atoms with Crippen molar-refractivity contribution < 1.29 is 9.90 Å². The number of hydrogen-bond donors (Lipinski definition) is 0. The Morgan fingerprint density at radius 2 is 0.981 bits per heavy atom. The van der Waals surface area contributed by atoms with Crippen LogP contribution in [0.3, 0.4) is 0 Å². The van der Waals surface area contributed by atoms with Gasteiger partial charge in [-0.15, -0.1) is 0 Å². The fraction of sp³-hybridized carbons (Fsp3) is 0. The van der Waals surface area contributed by atoms with Crippen molar-refractivity contribution >= 4 is 60.5 Å². The summed E-state index contributed by atoms with van der Waals surface area (Å²) < 4.78 is 43.9. The number of nitrogens with zero attached hydrogens (tertiary/aromatic N) is 1. The Hall–Kier alpha value is -6.90. The van der Waals surface area contributed by atoms with Crippen LogP contribution in [0.4, 0.5) is 17.1 Å². The molecule has 0 aliphatic carbocycles. The van der Waals surface area contributed by atoms with Crippen LogP contribution in [-0.2, 0) is 0 Å². The molecular formula is C50H33NO. The third kappa shape index (κ3) is 5.21. The molecule has 0 radical (unpaired) electrons. The summed E-state index contributed by atoms with van der Waals surface area (Å²) in [5.74, 6) is 0. The van der Waals surface area contributed by atoms with Crippen LogP contribution in [0.2, 0.25) is 0 Å². The fourth-order valence-electron chi connectivity index (χ4n) is 7.30. The second-order valence-electron chi connectivity index (χ2n) is 13.0. The first-order valence-corrected chi connectivity index (χ1v) is 17.4. The number of furan rings is 1. The van der Waals surface area contributed by atoms with Crippen LogP contribution in [0.15, 0.2) is 205 Å². The van der Waals surface area contributed by atoms with Gasteiger partial charge in [0.15, 0.2) is 0 Å². The Morgan fingerprint density at radius 1 is 0.385 bits per heavy atom. The summed E-state index contributed by atoms with van der Waals surface area (Å²) in [7, 11) is 0. The smallest absolute Gasteiger partial charge is 0.143 e. The van der Waals surface area contributed by atoms with Crippen LogP contribution in [0, 0.1) is 0 Å². The van der Waals surface area contributed by atoms with Crippen molar-refractivity contribution in [2.75, 3.05) is 4.90 Å². The van der Waals surface area contributed by atoms with Crippen molar-refractivity contribution in [1.29, 1.82) is 0 Å². The zero-order valence-electron chi connectivity index (χ0n) is 32.1. The van der Waals surface area contributed by atoms with Gasteiger partial charge >= 0.3 is 0 Å². The van der Waals surface area contributed by atoms with Gasteiger partial charge in [-0.1, -0.05) is 152 Å². The highest BCUT2D eigenvalue weighted by Gasteiger charge is 2.20. The molecular weight excluding hydrogens is 631 g/mol. The topological polar surface area (TPSA) is 16.4 Å². The van der Waals surface area contributed by atoms with Crippen LogP contribution < -0.4 is 4.90 Å². The largest absolute Gasteiger partial charge is 0.455 e. The molecule has 0 saturated carbocycles. The van der Waals surface area contributed by atoms with Crippen molar-refractivity contribution in [2.24, 2.45) is 0 Å². The van der Waals surface area contributed by atoms with Crippen LogP contribution in [0.1, 0.15) is 5.48 Å². The monoisotopic (exact) mass is 667 g/mol. The molecule has 2 heteroatoms. The summed E-state index contributed by atoms with van der Waals surface area (Å²) in [6, 6.07) is 58.3. The first-order valence-electron chi connectivity index (χ1n) is 19.4. The van der Waals surface area contributed by atoms with Gasteiger partial charge in [0.05, 0.1) is 16.6 Å². The van der Waals surface area contributed by atoms with E-state index in [1.807, 2.05) is 89.8 Å². The Balaban J connectivity index is 1.13. The Bertz CT molecular complexity index is 3090. The Kier molecular flexibility index (Phi) is 6.22. The van der Waals surface area contributed by atoms with Crippen LogP contribution in [-0.4, -0.2) is 0 Å². The van der Waals surface area contributed by atoms with Gasteiger partial charge in [-0.25, -0.2) is 0 Å². The molecule has 0 aliphatic rings. The first-order chi connectivity index (χ1) is 27.4. The van der Waals surface area contributed by atoms with Crippen molar-refractivity contribution in [1.82, 2.24) is 0 Å². The summed E-state index contributed by atoms with van der Waals surface area (Å²) in [5.41, 5.74) is 8.23. The number of anilines is 3. The molecule has 0 saturated heterocycles. The SMILES string of the molecule is [2H]c1c([2H])c(N(c2ccc(-c3ccc(-c4ccc5ccccc5c4)cc3)cc2)c2cccc3oc4c5ccccc5ccc4c23)c([2H])c([2H])c1-c1ccccc1. The van der Waals surface area contributed by atoms with E-state index in [1.54, 1.807) is 0 Å². The van der Waals surface area contributed by atoms with Gasteiger partial charge in [-0.05, 0) is 98.0 Å². The lowest BCUT2D eigenvalue weighted by atomic mass is 9.98. The molecule has 0 bridgehead atoms. The molecule has 52 heavy (non-hydrogen) atoms. The van der Waals surface area contributed by atoms with Gasteiger partial charge in [0, 0.05) is 22.1 Å². The van der Waals surface area contributed by atoms with Crippen LogP contribution >= 0.6 is 0 Å². The van der Waals surface area contributed by atoms with Crippen molar-refractivity contribution in [3.05, 3.63) is 200 Å². The quantitative estimate of drug-likeness (QED) is 0.175. The molecule has 0 atom stereocenters. The summed E-state index contributed by atoms with van der Waals surface area (Å²) in [6.07, 6.45) is 0. The minimum Gasteiger partial charge on any atom is -0.455 e. The van der Waals surface area contributed by atoms with E-state index in [0.29, 0.717) is 22.5 Å². The normalized spacial score (nSPS) is 12.5. The van der Waals surface area contributed by atoms with E-state index < -0.39 is 0 Å². The Morgan fingerprint density at radius 3 is 1.75 bits per heavy atom. The molecule has 0 fully saturated rings. The maximum absolute atomic E-state index is 9.45. The summed E-state index contributed by atoms with van der Waals surface area (Å²) in [4.78, 5) is 1.86. The Labute approximate surface area is 308 Å². The molecule has 244 valence electrons. The lowest BCUT2D eigenvalue weighted by Crippen LogP contribution is -2.10. The van der Waals surface area contributed by atoms with Crippen LogP contribution in [0.5, 0.6) is 0 Å². The fourth-order valence-corrected chi connectivity index (χ4v) is 7.30. The summed E-state index contributed by atoms with van der Waals surface area (Å²) >= 11 is 0. The molecule has 1 heterocycles. The molecule has 0 amide bonds. The van der Waals surface area contributed by atoms with E-state index in [0.717, 1.165) is 49.4 Å². The zero-order chi connectivity index (χ0) is 37.9. The average molecular weight is 668 g/mol. The van der Waals surface area contributed by atoms with Crippen molar-refractivity contribution in [3.8, 4) is 33.4 Å². The van der Waals surface area contributed by atoms with E-state index in [1.165, 1.54) is 10.8 Å². The van der Waals surface area contributed by atoms with Crippen molar-refractivity contribution in [3.63, 3.8) is 0 Å². The third-order valence-electron chi connectivity index (χ3n) is 9.93. The highest BCUT2D eigenvalue weighted by molar-refractivity contribution is 6.19. The van der Waals surface area contributed by atoms with Gasteiger partial charge < -0.3 is 9.32 Å². The molecule has 0 unspecified atom stereocenters. The second kappa shape index (κ2) is 12.5. The zero-order valence-corrected chi connectivity index (χ0v) is 28.1. The number of fused-ring (bicyclic) bond motifs is 6. The second-order valence-corrected chi connectivity index (χ2v) is 13.0. The maximum Gasteiger partial charge on any atom is 0.143 e. The molecule has 10 aromatic rings. The highest BCUT2D eigenvalue weighted by Crippen LogP contribution is 2.45. The van der Waals surface area contributed by atoms with Crippen molar-refractivity contribution in [2.45, 2.75) is 0 Å². The predicted molar refractivity (Wildman–Crippen MR) is 220 cm³/mol. The molecule has 0 spiro atoms. The standard InChI is InChI=1S/C50H33NO/c1-2-9-34(10-3-1)37-23-28-43(29-24-37)51(47-15-8-16-48-49(47)46-32-27-40-12-6-7-14-45(40)50(46)52-48)44-30-25-38(26-31-44)36-17-19-39(20-18-36)42-22-21-35-11-4-5-13-41(35)33-42/h1-33H/i23D,24D,28D,29D. The third-order valence-corrected chi connectivity index (χ3v) is 9.93. The maximum atomic E-state index is 9.45. The van der Waals surface area contributed by atoms with E-state index in [2.05, 4.69) is 91.0 Å². The minimum atomic E-state index is -0.131. The van der Waals surface area contributed by atoms with Gasteiger partial charge in [0.2, 0.25) is 0 Å². The molecule has 0 aliphatic heterocycles. The van der Waals surface area contributed by atoms with Gasteiger partial charge in [-0.2, -0.15) is 0 Å². The van der Waals surface area contributed by atoms with Gasteiger partial charge in [-0.3, -0.25) is 0 Å². The molecule has 9 aromatic carbocycles. The minimum absolute atomic E-state index is 0.101. The molecule has 10 rings (SSSR count). The average Bonchev–Trinajstić information content (AvgIpc) is 3.65. The first kappa shape index (κ1) is 26.0. The lowest BCUT2D eigenvalue weighted by Gasteiger charge is -2.26. The van der Waals surface area contributed by atoms with E-state index >= 15 is 0 Å². The number of benzene rings is 9.